The lowest BCUT2D eigenvalue weighted by molar-refractivity contribution is 0.668. The summed E-state index contributed by atoms with van der Waals surface area (Å²) in [6, 6.07) is 59.4. The van der Waals surface area contributed by atoms with Gasteiger partial charge in [-0.25, -0.2) is 0 Å². The monoisotopic (exact) mass is 746 g/mol. The van der Waals surface area contributed by atoms with E-state index in [4.69, 9.17) is 4.42 Å². The Bertz CT molecular complexity index is 3450. The van der Waals surface area contributed by atoms with Gasteiger partial charge in [0.05, 0.1) is 16.7 Å². The van der Waals surface area contributed by atoms with Crippen molar-refractivity contribution >= 4 is 81.0 Å². The standard InChI is InChI=1S/C53H34N2OS/c1-3-16-48-41(13-1)43-29-35(38-21-25-53-46(32-38)42-14-2-4-17-52(42)57-53)18-22-49(43)55(48)40-12-8-10-34(28-40)37-20-24-51-45(31-37)44-30-36(19-23-50(44)56-51)33-9-7-11-39(27-33)47-15-5-6-26-54-47/h1-9,11-32,34H,10H2. The van der Waals surface area contributed by atoms with Crippen molar-refractivity contribution in [3.63, 3.8) is 0 Å². The van der Waals surface area contributed by atoms with Crippen LogP contribution in [0.1, 0.15) is 17.9 Å². The number of fused-ring (bicyclic) bond motifs is 9. The normalized spacial score (nSPS) is 14.5. The van der Waals surface area contributed by atoms with E-state index in [2.05, 4.69) is 179 Å². The first kappa shape index (κ1) is 32.3. The Labute approximate surface area is 333 Å². The van der Waals surface area contributed by atoms with Gasteiger partial charge < -0.3 is 8.98 Å². The largest absolute Gasteiger partial charge is 0.456 e. The fourth-order valence-corrected chi connectivity index (χ4v) is 10.1. The summed E-state index contributed by atoms with van der Waals surface area (Å²) in [5, 5.41) is 7.46. The van der Waals surface area contributed by atoms with Crippen LogP contribution < -0.4 is 0 Å². The molecule has 0 fully saturated rings. The highest BCUT2D eigenvalue weighted by molar-refractivity contribution is 7.25. The van der Waals surface area contributed by atoms with Gasteiger partial charge in [-0.1, -0.05) is 97.1 Å². The Balaban J connectivity index is 0.927. The van der Waals surface area contributed by atoms with Crippen LogP contribution >= 0.6 is 11.3 Å². The van der Waals surface area contributed by atoms with Gasteiger partial charge in [-0.2, -0.15) is 0 Å². The predicted octanol–water partition coefficient (Wildman–Crippen LogP) is 15.0. The molecule has 7 aromatic carbocycles. The lowest BCUT2D eigenvalue weighted by Gasteiger charge is -2.19. The van der Waals surface area contributed by atoms with Gasteiger partial charge in [-0.3, -0.25) is 4.98 Å². The maximum absolute atomic E-state index is 6.39. The number of allylic oxidation sites excluding steroid dienone is 4. The van der Waals surface area contributed by atoms with E-state index in [0.717, 1.165) is 50.7 Å². The molecule has 1 atom stereocenters. The number of hydrogen-bond acceptors (Lipinski definition) is 3. The molecule has 4 heterocycles. The number of aromatic nitrogens is 2. The van der Waals surface area contributed by atoms with E-state index in [1.807, 2.05) is 29.7 Å². The Hall–Kier alpha value is -7.01. The number of hydrogen-bond donors (Lipinski definition) is 0. The molecule has 4 heteroatoms. The Kier molecular flexibility index (Phi) is 7.23. The molecule has 3 nitrogen and oxygen atoms in total. The molecule has 11 aromatic rings. The number of furan rings is 1. The summed E-state index contributed by atoms with van der Waals surface area (Å²) in [5.41, 5.74) is 13.6. The topological polar surface area (TPSA) is 31.0 Å². The van der Waals surface area contributed by atoms with Gasteiger partial charge in [0, 0.05) is 65.1 Å². The highest BCUT2D eigenvalue weighted by Gasteiger charge is 2.20. The molecule has 12 rings (SSSR count). The highest BCUT2D eigenvalue weighted by atomic mass is 32.1. The maximum atomic E-state index is 6.39. The predicted molar refractivity (Wildman–Crippen MR) is 241 cm³/mol. The molecule has 0 spiro atoms. The van der Waals surface area contributed by atoms with E-state index in [9.17, 15) is 0 Å². The SMILES string of the molecule is C1=CC(n2c3ccccc3c3cc(-c4ccc5sc6ccccc6c5c4)ccc32)=CC(c2ccc3oc4ccc(-c5cccc(-c6ccccn6)c5)cc4c3c2)C1. The molecule has 0 saturated heterocycles. The first-order chi connectivity index (χ1) is 28.2. The third kappa shape index (κ3) is 5.29. The van der Waals surface area contributed by atoms with Crippen molar-refractivity contribution in [3.8, 4) is 33.5 Å². The van der Waals surface area contributed by atoms with Gasteiger partial charge in [0.1, 0.15) is 11.2 Å². The Morgan fingerprint density at radius 3 is 2.09 bits per heavy atom. The lowest BCUT2D eigenvalue weighted by atomic mass is 9.90. The van der Waals surface area contributed by atoms with Crippen LogP contribution in [0.3, 0.4) is 0 Å². The molecule has 4 aromatic heterocycles. The second-order valence-electron chi connectivity index (χ2n) is 15.1. The summed E-state index contributed by atoms with van der Waals surface area (Å²) in [5.74, 6) is 0.222. The minimum Gasteiger partial charge on any atom is -0.456 e. The van der Waals surface area contributed by atoms with Gasteiger partial charge >= 0.3 is 0 Å². The third-order valence-corrected chi connectivity index (χ3v) is 12.9. The van der Waals surface area contributed by atoms with Crippen LogP contribution in [0.4, 0.5) is 0 Å². The zero-order valence-electron chi connectivity index (χ0n) is 30.9. The first-order valence-electron chi connectivity index (χ1n) is 19.5. The summed E-state index contributed by atoms with van der Waals surface area (Å²) in [4.78, 5) is 4.58. The summed E-state index contributed by atoms with van der Waals surface area (Å²) in [6.07, 6.45) is 9.87. The van der Waals surface area contributed by atoms with E-state index in [1.54, 1.807) is 0 Å². The molecular formula is C53H34N2OS. The minimum absolute atomic E-state index is 0.222. The van der Waals surface area contributed by atoms with Gasteiger partial charge in [0.2, 0.25) is 0 Å². The number of benzene rings is 7. The van der Waals surface area contributed by atoms with Crippen LogP contribution in [-0.2, 0) is 0 Å². The lowest BCUT2D eigenvalue weighted by Crippen LogP contribution is -2.03. The fourth-order valence-electron chi connectivity index (χ4n) is 8.98. The molecule has 0 radical (unpaired) electrons. The maximum Gasteiger partial charge on any atom is 0.135 e. The van der Waals surface area contributed by atoms with Crippen molar-refractivity contribution in [1.29, 1.82) is 0 Å². The van der Waals surface area contributed by atoms with E-state index in [0.29, 0.717) is 0 Å². The van der Waals surface area contributed by atoms with Gasteiger partial charge in [-0.15, -0.1) is 11.3 Å². The fraction of sp³-hybridized carbons (Fsp3) is 0.0377. The number of thiophene rings is 1. The van der Waals surface area contributed by atoms with Crippen molar-refractivity contribution in [3.05, 3.63) is 194 Å². The van der Waals surface area contributed by atoms with E-state index in [1.165, 1.54) is 64.4 Å². The Morgan fingerprint density at radius 1 is 0.509 bits per heavy atom. The first-order valence-corrected chi connectivity index (χ1v) is 20.4. The molecular weight excluding hydrogens is 713 g/mol. The second-order valence-corrected chi connectivity index (χ2v) is 16.2. The van der Waals surface area contributed by atoms with Gasteiger partial charge in [0.25, 0.3) is 0 Å². The summed E-state index contributed by atoms with van der Waals surface area (Å²) in [6.45, 7) is 0. The average Bonchev–Trinajstić information content (AvgIpc) is 3.95. The molecule has 268 valence electrons. The van der Waals surface area contributed by atoms with Crippen LogP contribution in [0.15, 0.2) is 193 Å². The van der Waals surface area contributed by atoms with E-state index < -0.39 is 0 Å². The molecule has 1 aliphatic carbocycles. The molecule has 0 bridgehead atoms. The number of nitrogens with zero attached hydrogens (tertiary/aromatic N) is 2. The van der Waals surface area contributed by atoms with Crippen molar-refractivity contribution in [2.45, 2.75) is 12.3 Å². The zero-order valence-corrected chi connectivity index (χ0v) is 31.7. The van der Waals surface area contributed by atoms with Crippen molar-refractivity contribution in [2.24, 2.45) is 0 Å². The highest BCUT2D eigenvalue weighted by Crippen LogP contribution is 2.41. The van der Waals surface area contributed by atoms with Crippen LogP contribution in [0.5, 0.6) is 0 Å². The summed E-state index contributed by atoms with van der Waals surface area (Å²) >= 11 is 1.87. The molecule has 0 amide bonds. The van der Waals surface area contributed by atoms with Gasteiger partial charge in [0.15, 0.2) is 0 Å². The van der Waals surface area contributed by atoms with Crippen molar-refractivity contribution in [1.82, 2.24) is 9.55 Å². The molecule has 57 heavy (non-hydrogen) atoms. The van der Waals surface area contributed by atoms with E-state index in [-0.39, 0.29) is 5.92 Å². The van der Waals surface area contributed by atoms with E-state index >= 15 is 0 Å². The van der Waals surface area contributed by atoms with Crippen LogP contribution in [0.2, 0.25) is 0 Å². The zero-order chi connectivity index (χ0) is 37.5. The summed E-state index contributed by atoms with van der Waals surface area (Å²) < 4.78 is 11.5. The quantitative estimate of drug-likeness (QED) is 0.176. The van der Waals surface area contributed by atoms with Crippen molar-refractivity contribution in [2.75, 3.05) is 0 Å². The smallest absolute Gasteiger partial charge is 0.135 e. The molecule has 1 aliphatic rings. The number of pyridine rings is 1. The van der Waals surface area contributed by atoms with Crippen LogP contribution in [0.25, 0.3) is 103 Å². The van der Waals surface area contributed by atoms with Crippen LogP contribution in [0, 0.1) is 0 Å². The number of para-hydroxylation sites is 1. The molecule has 0 N–H and O–H groups in total. The Morgan fingerprint density at radius 2 is 1.19 bits per heavy atom. The third-order valence-electron chi connectivity index (χ3n) is 11.8. The number of rotatable bonds is 5. The van der Waals surface area contributed by atoms with Gasteiger partial charge in [-0.05, 0) is 119 Å². The summed E-state index contributed by atoms with van der Waals surface area (Å²) in [7, 11) is 0. The molecule has 0 saturated carbocycles. The minimum atomic E-state index is 0.222. The average molecular weight is 747 g/mol. The molecule has 1 unspecified atom stereocenters. The van der Waals surface area contributed by atoms with Crippen LogP contribution in [-0.4, -0.2) is 9.55 Å². The molecule has 0 aliphatic heterocycles. The second kappa shape index (κ2) is 12.8. The van der Waals surface area contributed by atoms with Crippen molar-refractivity contribution < 1.29 is 4.42 Å².